The molecule has 57 heavy (non-hydrogen) atoms. The summed E-state index contributed by atoms with van der Waals surface area (Å²) in [7, 11) is 0. The van der Waals surface area contributed by atoms with Gasteiger partial charge in [0.25, 0.3) is 0 Å². The molecule has 0 atom stereocenters. The van der Waals surface area contributed by atoms with Crippen LogP contribution in [0.2, 0.25) is 0 Å². The van der Waals surface area contributed by atoms with E-state index >= 15 is 0 Å². The second kappa shape index (κ2) is 10.9. The Morgan fingerprint density at radius 1 is 0.404 bits per heavy atom. The van der Waals surface area contributed by atoms with E-state index in [9.17, 15) is 10.5 Å². The lowest BCUT2D eigenvalue weighted by Gasteiger charge is -2.34. The Labute approximate surface area is 327 Å². The van der Waals surface area contributed by atoms with Crippen LogP contribution in [0, 0.1) is 22.7 Å². The molecule has 2 aliphatic heterocycles. The van der Waals surface area contributed by atoms with Crippen molar-refractivity contribution in [3.8, 4) is 45.8 Å². The highest BCUT2D eigenvalue weighted by atomic mass is 15.0. The summed E-state index contributed by atoms with van der Waals surface area (Å²) < 4.78 is 4.74. The molecule has 13 rings (SSSR count). The maximum Gasteiger partial charge on any atom is 0.244 e. The lowest BCUT2D eigenvalue weighted by Crippen LogP contribution is -2.57. The number of fused-ring (bicyclic) bond motifs is 12. The smallest absolute Gasteiger partial charge is 0.244 e. The first-order chi connectivity index (χ1) is 28.2. The van der Waals surface area contributed by atoms with Crippen LogP contribution in [0.15, 0.2) is 164 Å². The van der Waals surface area contributed by atoms with Crippen LogP contribution in [0.3, 0.4) is 0 Å². The zero-order chi connectivity index (χ0) is 37.5. The van der Waals surface area contributed by atoms with E-state index in [1.165, 1.54) is 81.7 Å². The van der Waals surface area contributed by atoms with Crippen LogP contribution in [-0.4, -0.2) is 15.8 Å². The van der Waals surface area contributed by atoms with Gasteiger partial charge >= 0.3 is 0 Å². The molecule has 4 heterocycles. The fraction of sp³-hybridized carbons (Fsp3) is 0. The fourth-order valence-corrected chi connectivity index (χ4v) is 10.6. The largest absolute Gasteiger partial charge is 0.309 e. The molecule has 11 aromatic rings. The molecule has 258 valence electrons. The fourth-order valence-electron chi connectivity index (χ4n) is 10.6. The third kappa shape index (κ3) is 3.80. The van der Waals surface area contributed by atoms with Crippen molar-refractivity contribution in [3.05, 3.63) is 175 Å². The molecule has 0 amide bonds. The van der Waals surface area contributed by atoms with E-state index in [0.29, 0.717) is 11.1 Å². The van der Waals surface area contributed by atoms with Crippen LogP contribution in [0.5, 0.6) is 0 Å². The van der Waals surface area contributed by atoms with E-state index < -0.39 is 0 Å². The van der Waals surface area contributed by atoms with Crippen LogP contribution in [0.4, 0.5) is 0 Å². The third-order valence-corrected chi connectivity index (χ3v) is 12.7. The highest BCUT2D eigenvalue weighted by Crippen LogP contribution is 2.48. The van der Waals surface area contributed by atoms with E-state index in [2.05, 4.69) is 161 Å². The first-order valence-electron chi connectivity index (χ1n) is 19.3. The lowest BCUT2D eigenvalue weighted by molar-refractivity contribution is 1.18. The van der Waals surface area contributed by atoms with Crippen molar-refractivity contribution in [3.63, 3.8) is 0 Å². The molecule has 0 unspecified atom stereocenters. The molecule has 0 N–H and O–H groups in total. The highest BCUT2D eigenvalue weighted by molar-refractivity contribution is 7.01. The van der Waals surface area contributed by atoms with Gasteiger partial charge in [0.1, 0.15) is 0 Å². The lowest BCUT2D eigenvalue weighted by atomic mass is 9.31. The van der Waals surface area contributed by atoms with Crippen LogP contribution in [0.25, 0.3) is 98.8 Å². The van der Waals surface area contributed by atoms with E-state index in [4.69, 9.17) is 0 Å². The minimum Gasteiger partial charge on any atom is -0.309 e. The van der Waals surface area contributed by atoms with Crippen molar-refractivity contribution in [2.45, 2.75) is 0 Å². The van der Waals surface area contributed by atoms with Gasteiger partial charge in [-0.2, -0.15) is 10.5 Å². The minimum atomic E-state index is 0.0669. The molecule has 9 aromatic carbocycles. The molecule has 5 heteroatoms. The Bertz CT molecular complexity index is 3460. The summed E-state index contributed by atoms with van der Waals surface area (Å²) in [5.74, 6) is 0. The molecule has 0 fully saturated rings. The number of nitrogens with zero attached hydrogens (tertiary/aromatic N) is 4. The summed E-state index contributed by atoms with van der Waals surface area (Å²) in [5, 5.41) is 29.2. The summed E-state index contributed by atoms with van der Waals surface area (Å²) in [5.41, 5.74) is 17.2. The van der Waals surface area contributed by atoms with Crippen molar-refractivity contribution in [1.82, 2.24) is 9.13 Å². The molecule has 0 saturated heterocycles. The van der Waals surface area contributed by atoms with Gasteiger partial charge in [-0.25, -0.2) is 0 Å². The van der Waals surface area contributed by atoms with Gasteiger partial charge in [0, 0.05) is 32.9 Å². The summed E-state index contributed by atoms with van der Waals surface area (Å²) in [6, 6.07) is 63.5. The second-order valence-corrected chi connectivity index (χ2v) is 15.4. The number of benzene rings is 9. The highest BCUT2D eigenvalue weighted by Gasteiger charge is 2.40. The van der Waals surface area contributed by atoms with Gasteiger partial charge < -0.3 is 9.13 Å². The van der Waals surface area contributed by atoms with Crippen molar-refractivity contribution < 1.29 is 0 Å². The summed E-state index contributed by atoms with van der Waals surface area (Å²) in [4.78, 5) is 0. The maximum absolute atomic E-state index is 9.61. The summed E-state index contributed by atoms with van der Waals surface area (Å²) in [6.45, 7) is 0.0669. The predicted octanol–water partition coefficient (Wildman–Crippen LogP) is 10.4. The van der Waals surface area contributed by atoms with Crippen LogP contribution >= 0.6 is 0 Å². The average molecular weight is 719 g/mol. The topological polar surface area (TPSA) is 57.4 Å². The Kier molecular flexibility index (Phi) is 5.82. The Balaban J connectivity index is 1.20. The zero-order valence-electron chi connectivity index (χ0n) is 30.5. The quantitative estimate of drug-likeness (QED) is 0.167. The van der Waals surface area contributed by atoms with Gasteiger partial charge in [0.05, 0.1) is 45.3 Å². The number of hydrogen-bond acceptors (Lipinski definition) is 2. The molecule has 4 nitrogen and oxygen atoms in total. The van der Waals surface area contributed by atoms with Crippen LogP contribution in [-0.2, 0) is 0 Å². The molecular weight excluding hydrogens is 691 g/mol. The Morgan fingerprint density at radius 3 is 1.30 bits per heavy atom. The van der Waals surface area contributed by atoms with Crippen molar-refractivity contribution in [2.75, 3.05) is 0 Å². The van der Waals surface area contributed by atoms with E-state index in [1.54, 1.807) is 0 Å². The monoisotopic (exact) mass is 718 g/mol. The van der Waals surface area contributed by atoms with E-state index in [0.717, 1.165) is 33.4 Å². The first kappa shape index (κ1) is 30.5. The van der Waals surface area contributed by atoms with Gasteiger partial charge in [-0.3, -0.25) is 0 Å². The van der Waals surface area contributed by atoms with Gasteiger partial charge in [0.2, 0.25) is 6.71 Å². The van der Waals surface area contributed by atoms with Crippen LogP contribution in [0.1, 0.15) is 11.1 Å². The molecule has 0 radical (unpaired) electrons. The molecular formula is C52H27BN4. The zero-order valence-corrected chi connectivity index (χ0v) is 30.5. The van der Waals surface area contributed by atoms with Gasteiger partial charge in [-0.05, 0) is 117 Å². The molecule has 0 bridgehead atoms. The molecule has 2 aromatic heterocycles. The third-order valence-electron chi connectivity index (χ3n) is 12.7. The Hall–Kier alpha value is -7.86. The molecule has 0 aliphatic carbocycles. The summed E-state index contributed by atoms with van der Waals surface area (Å²) >= 11 is 0. The average Bonchev–Trinajstić information content (AvgIpc) is 3.78. The first-order valence-corrected chi connectivity index (χ1v) is 19.3. The van der Waals surface area contributed by atoms with Crippen molar-refractivity contribution in [1.29, 1.82) is 10.5 Å². The van der Waals surface area contributed by atoms with Gasteiger partial charge in [-0.15, -0.1) is 0 Å². The SMILES string of the molecule is N#Cc1ccc(-n2c3ccccc3c3c4c5c(cccc5cc32)B2c3c-4cccc3-c3c4c2cccc4cc2c3c3ccccc3n2-c2ccc(C#N)cc2)cc1. The number of hydrogen-bond donors (Lipinski definition) is 0. The number of rotatable bonds is 2. The van der Waals surface area contributed by atoms with E-state index in [-0.39, 0.29) is 6.71 Å². The van der Waals surface area contributed by atoms with Gasteiger partial charge in [-0.1, -0.05) is 107 Å². The molecule has 2 aliphatic rings. The second-order valence-electron chi connectivity index (χ2n) is 15.4. The summed E-state index contributed by atoms with van der Waals surface area (Å²) in [6.07, 6.45) is 0. The van der Waals surface area contributed by atoms with Crippen molar-refractivity contribution in [2.24, 2.45) is 0 Å². The van der Waals surface area contributed by atoms with Crippen molar-refractivity contribution >= 4 is 88.3 Å². The minimum absolute atomic E-state index is 0.0669. The van der Waals surface area contributed by atoms with Crippen LogP contribution < -0.4 is 16.4 Å². The molecule has 0 spiro atoms. The van der Waals surface area contributed by atoms with E-state index in [1.807, 2.05) is 24.3 Å². The van der Waals surface area contributed by atoms with Gasteiger partial charge in [0.15, 0.2) is 0 Å². The standard InChI is InChI=1S/C52H27BN4/c54-28-30-18-22-34(23-19-30)56-42-16-3-1-10-36(42)48-44(56)26-32-8-5-14-40-46(32)50(48)38-12-7-13-39-51-47-33(9-6-15-41(47)53(40)52(38)39)27-45-49(51)37-11-2-4-17-43(37)57(45)35-24-20-31(29-55)21-25-35/h1-27H. The maximum atomic E-state index is 9.61. The number of para-hydroxylation sites is 2. The Morgan fingerprint density at radius 2 is 0.842 bits per heavy atom. The predicted molar refractivity (Wildman–Crippen MR) is 235 cm³/mol. The number of aromatic nitrogens is 2. The molecule has 0 saturated carbocycles. The normalized spacial score (nSPS) is 12.5. The number of nitriles is 2.